The highest BCUT2D eigenvalue weighted by Crippen LogP contribution is 2.24. The second kappa shape index (κ2) is 12.6. The fourth-order valence-electron chi connectivity index (χ4n) is 3.18. The molecule has 0 aromatic heterocycles. The normalized spacial score (nSPS) is 11.5. The molecule has 0 spiro atoms. The van der Waals surface area contributed by atoms with Gasteiger partial charge in [0.2, 0.25) is 5.91 Å². The zero-order chi connectivity index (χ0) is 21.0. The van der Waals surface area contributed by atoms with Gasteiger partial charge >= 0.3 is 6.18 Å². The van der Waals surface area contributed by atoms with E-state index in [2.05, 4.69) is 6.92 Å². The quantitative estimate of drug-likeness (QED) is 0.273. The van der Waals surface area contributed by atoms with Gasteiger partial charge in [0.05, 0.1) is 0 Å². The first-order valence-corrected chi connectivity index (χ1v) is 10.3. The summed E-state index contributed by atoms with van der Waals surface area (Å²) in [5.74, 6) is -2.03. The molecule has 0 bridgehead atoms. The van der Waals surface area contributed by atoms with Crippen LogP contribution in [0.15, 0.2) is 24.3 Å². The van der Waals surface area contributed by atoms with Gasteiger partial charge in [0.25, 0.3) is 5.78 Å². The van der Waals surface area contributed by atoms with Crippen LogP contribution in [0.3, 0.4) is 0 Å². The highest BCUT2D eigenvalue weighted by molar-refractivity contribution is 6.01. The maximum absolute atomic E-state index is 12.5. The number of amides is 1. The Morgan fingerprint density at radius 2 is 1.29 bits per heavy atom. The van der Waals surface area contributed by atoms with Gasteiger partial charge in [-0.3, -0.25) is 9.59 Å². The Kier molecular flexibility index (Phi) is 10.9. The van der Waals surface area contributed by atoms with Crippen molar-refractivity contribution >= 4 is 17.4 Å². The molecule has 0 fully saturated rings. The molecule has 1 aromatic carbocycles. The second-order valence-corrected chi connectivity index (χ2v) is 7.23. The van der Waals surface area contributed by atoms with Crippen molar-refractivity contribution in [1.82, 2.24) is 0 Å². The van der Waals surface area contributed by atoms with Crippen LogP contribution in [0.4, 0.5) is 18.9 Å². The number of carbonyl (C=O) groups is 2. The van der Waals surface area contributed by atoms with Crippen molar-refractivity contribution in [3.8, 4) is 0 Å². The van der Waals surface area contributed by atoms with Crippen LogP contribution in [-0.2, 0) is 4.79 Å². The molecular weight excluding hydrogens is 367 g/mol. The number of anilines is 1. The Labute approximate surface area is 166 Å². The van der Waals surface area contributed by atoms with E-state index in [1.54, 1.807) is 4.90 Å². The molecule has 0 heterocycles. The van der Waals surface area contributed by atoms with E-state index in [0.717, 1.165) is 31.4 Å². The number of hydrogen-bond donors (Lipinski definition) is 0. The molecule has 3 nitrogen and oxygen atoms in total. The molecule has 1 amide bonds. The maximum Gasteiger partial charge on any atom is 0.454 e. The maximum atomic E-state index is 12.5. The van der Waals surface area contributed by atoms with Gasteiger partial charge in [-0.15, -0.1) is 0 Å². The van der Waals surface area contributed by atoms with Gasteiger partial charge < -0.3 is 4.90 Å². The Balaban J connectivity index is 2.39. The lowest BCUT2D eigenvalue weighted by molar-refractivity contribution is -0.116. The van der Waals surface area contributed by atoms with Crippen molar-refractivity contribution < 1.29 is 22.8 Å². The van der Waals surface area contributed by atoms with E-state index in [1.807, 2.05) is 0 Å². The van der Waals surface area contributed by atoms with Crippen LogP contribution in [-0.4, -0.2) is 24.4 Å². The van der Waals surface area contributed by atoms with Gasteiger partial charge in [-0.25, -0.2) is 0 Å². The predicted octanol–water partition coefficient (Wildman–Crippen LogP) is 6.71. The monoisotopic (exact) mass is 399 g/mol. The van der Waals surface area contributed by atoms with Crippen molar-refractivity contribution in [2.45, 2.75) is 84.2 Å². The zero-order valence-electron chi connectivity index (χ0n) is 17.0. The summed E-state index contributed by atoms with van der Waals surface area (Å²) in [4.78, 5) is 24.7. The largest absolute Gasteiger partial charge is 0.454 e. The molecular formula is C22H32F3NO2. The number of nitrogens with zero attached hydrogens (tertiary/aromatic N) is 1. The molecule has 158 valence electrons. The van der Waals surface area contributed by atoms with E-state index >= 15 is 0 Å². The number of alkyl halides is 3. The molecule has 0 unspecified atom stereocenters. The van der Waals surface area contributed by atoms with E-state index < -0.39 is 17.5 Å². The fourth-order valence-corrected chi connectivity index (χ4v) is 3.18. The number of halogens is 3. The summed E-state index contributed by atoms with van der Waals surface area (Å²) >= 11 is 0. The van der Waals surface area contributed by atoms with Crippen molar-refractivity contribution in [1.29, 1.82) is 0 Å². The molecule has 28 heavy (non-hydrogen) atoms. The second-order valence-electron chi connectivity index (χ2n) is 7.23. The molecule has 0 saturated heterocycles. The highest BCUT2D eigenvalue weighted by Gasteiger charge is 2.39. The minimum absolute atomic E-state index is 0.161. The number of benzene rings is 1. The summed E-state index contributed by atoms with van der Waals surface area (Å²) in [6.07, 6.45) is 7.01. The Morgan fingerprint density at radius 1 is 0.821 bits per heavy atom. The van der Waals surface area contributed by atoms with Gasteiger partial charge in [-0.05, 0) is 30.7 Å². The van der Waals surface area contributed by atoms with Crippen LogP contribution < -0.4 is 4.90 Å². The molecule has 0 aliphatic carbocycles. The van der Waals surface area contributed by atoms with Crippen molar-refractivity contribution in [3.63, 3.8) is 0 Å². The number of ketones is 1. The Hall–Kier alpha value is -1.85. The average Bonchev–Trinajstić information content (AvgIpc) is 2.65. The van der Waals surface area contributed by atoms with Crippen LogP contribution >= 0.6 is 0 Å². The summed E-state index contributed by atoms with van der Waals surface area (Å²) in [5, 5.41) is 0. The Morgan fingerprint density at radius 3 is 1.71 bits per heavy atom. The van der Waals surface area contributed by atoms with E-state index in [0.29, 0.717) is 12.2 Å². The SMILES string of the molecule is CCCCCCCCCCCCN(C(C)=O)c1ccc(C(=O)C(F)(F)F)cc1. The summed E-state index contributed by atoms with van der Waals surface area (Å²) in [5.41, 5.74) is 0.0980. The summed E-state index contributed by atoms with van der Waals surface area (Å²) in [6.45, 7) is 4.17. The van der Waals surface area contributed by atoms with E-state index in [1.165, 1.54) is 64.0 Å². The molecule has 0 N–H and O–H groups in total. The lowest BCUT2D eigenvalue weighted by Gasteiger charge is -2.21. The molecule has 0 aliphatic heterocycles. The van der Waals surface area contributed by atoms with E-state index in [4.69, 9.17) is 0 Å². The first-order valence-electron chi connectivity index (χ1n) is 10.3. The lowest BCUT2D eigenvalue weighted by atomic mass is 10.1. The molecule has 0 aliphatic rings. The third kappa shape index (κ3) is 8.89. The van der Waals surface area contributed by atoms with Gasteiger partial charge in [0, 0.05) is 24.7 Å². The Bertz CT molecular complexity index is 597. The van der Waals surface area contributed by atoms with Crippen LogP contribution in [0.1, 0.15) is 88.4 Å². The summed E-state index contributed by atoms with van der Waals surface area (Å²) in [6, 6.07) is 5.05. The summed E-state index contributed by atoms with van der Waals surface area (Å²) in [7, 11) is 0. The van der Waals surface area contributed by atoms with Crippen LogP contribution in [0, 0.1) is 0 Å². The lowest BCUT2D eigenvalue weighted by Crippen LogP contribution is -2.29. The zero-order valence-corrected chi connectivity index (χ0v) is 17.0. The van der Waals surface area contributed by atoms with Crippen molar-refractivity contribution in [2.75, 3.05) is 11.4 Å². The smallest absolute Gasteiger partial charge is 0.313 e. The number of unbranched alkanes of at least 4 members (excludes halogenated alkanes) is 9. The molecule has 1 rings (SSSR count). The third-order valence-corrected chi connectivity index (χ3v) is 4.81. The third-order valence-electron chi connectivity index (χ3n) is 4.81. The van der Waals surface area contributed by atoms with Gasteiger partial charge in [0.1, 0.15) is 0 Å². The number of carbonyl (C=O) groups excluding carboxylic acids is 2. The van der Waals surface area contributed by atoms with Gasteiger partial charge in [0.15, 0.2) is 0 Å². The molecule has 6 heteroatoms. The summed E-state index contributed by atoms with van der Waals surface area (Å²) < 4.78 is 37.4. The predicted molar refractivity (Wildman–Crippen MR) is 107 cm³/mol. The molecule has 0 atom stereocenters. The average molecular weight is 399 g/mol. The van der Waals surface area contributed by atoms with Crippen LogP contribution in [0.5, 0.6) is 0 Å². The standard InChI is InChI=1S/C22H32F3NO2/c1-3-4-5-6-7-8-9-10-11-12-17-26(18(2)27)20-15-13-19(14-16-20)21(28)22(23,24)25/h13-16H,3-12,17H2,1-2H3. The first-order chi connectivity index (χ1) is 13.3. The van der Waals surface area contributed by atoms with Gasteiger partial charge in [-0.1, -0.05) is 64.7 Å². The van der Waals surface area contributed by atoms with E-state index in [-0.39, 0.29) is 5.91 Å². The van der Waals surface area contributed by atoms with E-state index in [9.17, 15) is 22.8 Å². The minimum atomic E-state index is -4.89. The van der Waals surface area contributed by atoms with Crippen LogP contribution in [0.25, 0.3) is 0 Å². The van der Waals surface area contributed by atoms with Crippen LogP contribution in [0.2, 0.25) is 0 Å². The fraction of sp³-hybridized carbons (Fsp3) is 0.636. The first kappa shape index (κ1) is 24.2. The molecule has 1 aromatic rings. The number of Topliss-reactive ketones (excluding diaryl/α,β-unsaturated/α-hetero) is 1. The number of hydrogen-bond acceptors (Lipinski definition) is 2. The molecule has 0 saturated carbocycles. The highest BCUT2D eigenvalue weighted by atomic mass is 19.4. The minimum Gasteiger partial charge on any atom is -0.313 e. The number of rotatable bonds is 13. The van der Waals surface area contributed by atoms with Gasteiger partial charge in [-0.2, -0.15) is 13.2 Å². The molecule has 0 radical (unpaired) electrons. The van der Waals surface area contributed by atoms with Crippen molar-refractivity contribution in [3.05, 3.63) is 29.8 Å². The topological polar surface area (TPSA) is 37.4 Å². The van der Waals surface area contributed by atoms with Crippen molar-refractivity contribution in [2.24, 2.45) is 0 Å².